The van der Waals surface area contributed by atoms with E-state index >= 15 is 0 Å². The lowest BCUT2D eigenvalue weighted by atomic mass is 10.0. The normalized spacial score (nSPS) is 15.0. The quantitative estimate of drug-likeness (QED) is 0.547. The zero-order valence-corrected chi connectivity index (χ0v) is 14.9. The topological polar surface area (TPSA) is 55.5 Å². The maximum atomic E-state index is 13.9. The molecule has 4 aromatic rings. The lowest BCUT2D eigenvalue weighted by Gasteiger charge is -2.28. The van der Waals surface area contributed by atoms with Gasteiger partial charge in [-0.15, -0.1) is 0 Å². The molecule has 0 aliphatic carbocycles. The van der Waals surface area contributed by atoms with Crippen LogP contribution in [0.4, 0.5) is 10.1 Å². The van der Waals surface area contributed by atoms with Gasteiger partial charge < -0.3 is 9.64 Å². The van der Waals surface area contributed by atoms with E-state index in [2.05, 4.69) is 20.0 Å². The van der Waals surface area contributed by atoms with Gasteiger partial charge in [-0.1, -0.05) is 0 Å². The van der Waals surface area contributed by atoms with E-state index in [1.54, 1.807) is 23.8 Å². The molecule has 1 fully saturated rings. The molecule has 1 aromatic carbocycles. The molecular weight excluding hydrogens is 345 g/mol. The summed E-state index contributed by atoms with van der Waals surface area (Å²) in [7, 11) is 0. The van der Waals surface area contributed by atoms with E-state index in [0.29, 0.717) is 11.1 Å². The first-order valence-electron chi connectivity index (χ1n) is 8.92. The predicted molar refractivity (Wildman–Crippen MR) is 101 cm³/mol. The smallest absolute Gasteiger partial charge is 0.162 e. The minimum atomic E-state index is -0.250. The number of hydrogen-bond donors (Lipinski definition) is 0. The van der Waals surface area contributed by atoms with Crippen LogP contribution in [0.1, 0.15) is 5.56 Å². The third kappa shape index (κ3) is 2.71. The number of aromatic nitrogens is 4. The average Bonchev–Trinajstić information content (AvgIpc) is 3.12. The number of benzene rings is 1. The third-order valence-corrected chi connectivity index (χ3v) is 5.03. The number of ether oxygens (including phenoxy) is 1. The molecular formula is C20H18FN5O. The van der Waals surface area contributed by atoms with Crippen molar-refractivity contribution in [2.24, 2.45) is 0 Å². The SMILES string of the molecule is Cc1cc2c(-c3cnn4cc(N5CCOCC5)cnc34)ccnc2cc1F. The van der Waals surface area contributed by atoms with Crippen molar-refractivity contribution in [3.05, 3.63) is 54.4 Å². The molecule has 4 heterocycles. The van der Waals surface area contributed by atoms with Crippen molar-refractivity contribution in [1.29, 1.82) is 0 Å². The van der Waals surface area contributed by atoms with Gasteiger partial charge in [0, 0.05) is 36.3 Å². The largest absolute Gasteiger partial charge is 0.378 e. The summed E-state index contributed by atoms with van der Waals surface area (Å²) in [6.07, 6.45) is 7.36. The number of hydrogen-bond acceptors (Lipinski definition) is 5. The van der Waals surface area contributed by atoms with Crippen LogP contribution in [0.5, 0.6) is 0 Å². The minimum Gasteiger partial charge on any atom is -0.378 e. The highest BCUT2D eigenvalue weighted by molar-refractivity contribution is 5.98. The third-order valence-electron chi connectivity index (χ3n) is 5.03. The van der Waals surface area contributed by atoms with Gasteiger partial charge in [0.2, 0.25) is 0 Å². The molecule has 136 valence electrons. The van der Waals surface area contributed by atoms with Gasteiger partial charge in [-0.2, -0.15) is 5.10 Å². The van der Waals surface area contributed by atoms with Crippen LogP contribution in [0.3, 0.4) is 0 Å². The number of fused-ring (bicyclic) bond motifs is 2. The van der Waals surface area contributed by atoms with Crippen LogP contribution >= 0.6 is 0 Å². The van der Waals surface area contributed by atoms with Gasteiger partial charge >= 0.3 is 0 Å². The number of pyridine rings is 1. The summed E-state index contributed by atoms with van der Waals surface area (Å²) in [6.45, 7) is 4.90. The Morgan fingerprint density at radius 1 is 1.07 bits per heavy atom. The number of anilines is 1. The minimum absolute atomic E-state index is 0.250. The molecule has 27 heavy (non-hydrogen) atoms. The molecule has 7 heteroatoms. The summed E-state index contributed by atoms with van der Waals surface area (Å²) in [4.78, 5) is 11.2. The Labute approximate surface area is 155 Å². The van der Waals surface area contributed by atoms with Gasteiger partial charge in [-0.05, 0) is 30.2 Å². The van der Waals surface area contributed by atoms with Crippen LogP contribution < -0.4 is 4.90 Å². The molecule has 0 bridgehead atoms. The van der Waals surface area contributed by atoms with Crippen molar-refractivity contribution >= 4 is 22.2 Å². The monoisotopic (exact) mass is 363 g/mol. The fourth-order valence-corrected chi connectivity index (χ4v) is 3.55. The highest BCUT2D eigenvalue weighted by atomic mass is 19.1. The second-order valence-corrected chi connectivity index (χ2v) is 6.72. The van der Waals surface area contributed by atoms with Crippen molar-refractivity contribution in [2.75, 3.05) is 31.2 Å². The Kier molecular flexibility index (Phi) is 3.75. The first-order valence-corrected chi connectivity index (χ1v) is 8.92. The molecule has 0 spiro atoms. The fraction of sp³-hybridized carbons (Fsp3) is 0.250. The van der Waals surface area contributed by atoms with Gasteiger partial charge in [0.05, 0.1) is 43.0 Å². The summed E-state index contributed by atoms with van der Waals surface area (Å²) < 4.78 is 21.1. The Morgan fingerprint density at radius 3 is 2.78 bits per heavy atom. The zero-order valence-electron chi connectivity index (χ0n) is 14.9. The van der Waals surface area contributed by atoms with Crippen LogP contribution in [0, 0.1) is 12.7 Å². The molecule has 1 aliphatic heterocycles. The van der Waals surface area contributed by atoms with Crippen molar-refractivity contribution in [1.82, 2.24) is 19.6 Å². The lowest BCUT2D eigenvalue weighted by Crippen LogP contribution is -2.36. The van der Waals surface area contributed by atoms with Gasteiger partial charge in [0.1, 0.15) is 5.82 Å². The van der Waals surface area contributed by atoms with Crippen molar-refractivity contribution < 1.29 is 9.13 Å². The zero-order chi connectivity index (χ0) is 18.4. The Hall–Kier alpha value is -3.06. The van der Waals surface area contributed by atoms with E-state index in [0.717, 1.165) is 54.2 Å². The number of aryl methyl sites for hydroxylation is 1. The molecule has 1 aliphatic rings. The summed E-state index contributed by atoms with van der Waals surface area (Å²) in [5.74, 6) is -0.250. The number of nitrogens with zero attached hydrogens (tertiary/aromatic N) is 5. The first-order chi connectivity index (χ1) is 13.2. The predicted octanol–water partition coefficient (Wildman–Crippen LogP) is 3.23. The second-order valence-electron chi connectivity index (χ2n) is 6.72. The average molecular weight is 363 g/mol. The number of rotatable bonds is 2. The van der Waals surface area contributed by atoms with Crippen LogP contribution in [0.2, 0.25) is 0 Å². The highest BCUT2D eigenvalue weighted by Crippen LogP contribution is 2.31. The van der Waals surface area contributed by atoms with Gasteiger partial charge in [-0.3, -0.25) is 4.98 Å². The van der Waals surface area contributed by atoms with Gasteiger partial charge in [0.25, 0.3) is 0 Å². The maximum absolute atomic E-state index is 13.9. The Morgan fingerprint density at radius 2 is 1.93 bits per heavy atom. The van der Waals surface area contributed by atoms with Crippen molar-refractivity contribution in [3.8, 4) is 11.1 Å². The van der Waals surface area contributed by atoms with Gasteiger partial charge in [0.15, 0.2) is 5.65 Å². The molecule has 0 radical (unpaired) electrons. The number of halogens is 1. The van der Waals surface area contributed by atoms with Crippen LogP contribution in [0.25, 0.3) is 27.7 Å². The number of morpholine rings is 1. The molecule has 0 N–H and O–H groups in total. The molecule has 0 amide bonds. The van der Waals surface area contributed by atoms with Crippen LogP contribution in [0.15, 0.2) is 43.0 Å². The van der Waals surface area contributed by atoms with E-state index in [1.807, 2.05) is 24.5 Å². The highest BCUT2D eigenvalue weighted by Gasteiger charge is 2.16. The van der Waals surface area contributed by atoms with E-state index in [9.17, 15) is 4.39 Å². The molecule has 0 atom stereocenters. The van der Waals surface area contributed by atoms with E-state index in [1.165, 1.54) is 6.07 Å². The summed E-state index contributed by atoms with van der Waals surface area (Å²) in [5, 5.41) is 5.39. The Bertz CT molecular complexity index is 1150. The van der Waals surface area contributed by atoms with E-state index < -0.39 is 0 Å². The van der Waals surface area contributed by atoms with Crippen LogP contribution in [-0.4, -0.2) is 45.9 Å². The Balaban J connectivity index is 1.63. The molecule has 6 nitrogen and oxygen atoms in total. The second kappa shape index (κ2) is 6.28. The molecule has 0 unspecified atom stereocenters. The van der Waals surface area contributed by atoms with Gasteiger partial charge in [-0.25, -0.2) is 13.9 Å². The van der Waals surface area contributed by atoms with Crippen molar-refractivity contribution in [3.63, 3.8) is 0 Å². The summed E-state index contributed by atoms with van der Waals surface area (Å²) in [6, 6.07) is 5.23. The molecule has 3 aromatic heterocycles. The van der Waals surface area contributed by atoms with Crippen LogP contribution in [-0.2, 0) is 4.74 Å². The molecule has 1 saturated heterocycles. The lowest BCUT2D eigenvalue weighted by molar-refractivity contribution is 0.122. The molecule has 0 saturated carbocycles. The van der Waals surface area contributed by atoms with E-state index in [-0.39, 0.29) is 5.82 Å². The van der Waals surface area contributed by atoms with E-state index in [4.69, 9.17) is 4.74 Å². The fourth-order valence-electron chi connectivity index (χ4n) is 3.55. The van der Waals surface area contributed by atoms with Crippen molar-refractivity contribution in [2.45, 2.75) is 6.92 Å². The molecule has 5 rings (SSSR count). The summed E-state index contributed by atoms with van der Waals surface area (Å²) >= 11 is 0. The standard InChI is InChI=1S/C20H18FN5O/c1-13-8-16-15(2-3-22-19(16)9-18(13)21)17-11-24-26-12-14(10-23-20(17)26)25-4-6-27-7-5-25/h2-3,8-12H,4-7H2,1H3. The first kappa shape index (κ1) is 16.1. The maximum Gasteiger partial charge on any atom is 0.162 e. The summed E-state index contributed by atoms with van der Waals surface area (Å²) in [5.41, 5.74) is 4.86.